The summed E-state index contributed by atoms with van der Waals surface area (Å²) in [6.45, 7) is 6.04. The summed E-state index contributed by atoms with van der Waals surface area (Å²) in [4.78, 5) is 16.2. The minimum atomic E-state index is 0.0416. The van der Waals surface area contributed by atoms with E-state index in [9.17, 15) is 4.79 Å². The van der Waals surface area contributed by atoms with E-state index in [1.807, 2.05) is 14.1 Å². The molecule has 0 spiro atoms. The molecule has 0 saturated carbocycles. The molecule has 0 aromatic heterocycles. The van der Waals surface area contributed by atoms with Crippen LogP contribution in [0, 0.1) is 5.92 Å². The van der Waals surface area contributed by atoms with Crippen molar-refractivity contribution >= 4 is 5.78 Å². The van der Waals surface area contributed by atoms with Gasteiger partial charge in [-0.15, -0.1) is 0 Å². The lowest BCUT2D eigenvalue weighted by Crippen LogP contribution is -2.53. The van der Waals surface area contributed by atoms with Crippen LogP contribution in [-0.4, -0.2) is 55.4 Å². The summed E-state index contributed by atoms with van der Waals surface area (Å²) < 4.78 is 0. The lowest BCUT2D eigenvalue weighted by molar-refractivity contribution is -0.131. The second kappa shape index (κ2) is 3.99. The molecule has 0 bridgehead atoms. The Morgan fingerprint density at radius 1 is 1.50 bits per heavy atom. The fraction of sp³-hybridized carbons (Fsp3) is 0.909. The van der Waals surface area contributed by atoms with E-state index in [1.165, 1.54) is 0 Å². The molecule has 3 heteroatoms. The predicted octanol–water partition coefficient (Wildman–Crippen LogP) is 0.847. The van der Waals surface area contributed by atoms with Crippen molar-refractivity contribution in [2.45, 2.75) is 25.8 Å². The van der Waals surface area contributed by atoms with Gasteiger partial charge in [-0.2, -0.15) is 0 Å². The van der Waals surface area contributed by atoms with E-state index in [0.29, 0.717) is 12.2 Å². The Labute approximate surface area is 87.1 Å². The van der Waals surface area contributed by atoms with E-state index in [2.05, 4.69) is 30.7 Å². The number of carbonyl (C=O) groups is 1. The van der Waals surface area contributed by atoms with E-state index in [4.69, 9.17) is 0 Å². The molecule has 1 rings (SSSR count). The molecule has 1 fully saturated rings. The predicted molar refractivity (Wildman–Crippen MR) is 58.4 cm³/mol. The molecule has 0 amide bonds. The molecule has 82 valence electrons. The van der Waals surface area contributed by atoms with Crippen molar-refractivity contribution in [1.82, 2.24) is 9.80 Å². The van der Waals surface area contributed by atoms with Gasteiger partial charge in [-0.05, 0) is 35.0 Å². The highest BCUT2D eigenvalue weighted by Gasteiger charge is 2.37. The second-order valence-corrected chi connectivity index (χ2v) is 5.30. The standard InChI is InChI=1S/C11H22N2O/c1-11(2)6-10(14)9(7-12(3)4)8-13(11)5/h9H,6-8H2,1-5H3. The first-order valence-corrected chi connectivity index (χ1v) is 5.21. The molecule has 14 heavy (non-hydrogen) atoms. The number of piperidine rings is 1. The van der Waals surface area contributed by atoms with E-state index >= 15 is 0 Å². The van der Waals surface area contributed by atoms with Gasteiger partial charge >= 0.3 is 0 Å². The van der Waals surface area contributed by atoms with Gasteiger partial charge in [0.15, 0.2) is 0 Å². The maximum Gasteiger partial charge on any atom is 0.140 e. The van der Waals surface area contributed by atoms with Crippen molar-refractivity contribution in [2.24, 2.45) is 5.92 Å². The number of nitrogens with zero attached hydrogens (tertiary/aromatic N) is 2. The van der Waals surface area contributed by atoms with E-state index in [1.54, 1.807) is 0 Å². The zero-order valence-electron chi connectivity index (χ0n) is 10.0. The number of Topliss-reactive ketones (excluding diaryl/α,β-unsaturated/α-hetero) is 1. The summed E-state index contributed by atoms with van der Waals surface area (Å²) in [5, 5.41) is 0. The Morgan fingerprint density at radius 3 is 2.57 bits per heavy atom. The summed E-state index contributed by atoms with van der Waals surface area (Å²) in [5.74, 6) is 0.616. The quantitative estimate of drug-likeness (QED) is 0.657. The molecular formula is C11H22N2O. The van der Waals surface area contributed by atoms with Gasteiger partial charge in [-0.25, -0.2) is 0 Å². The lowest BCUT2D eigenvalue weighted by Gasteiger charge is -2.43. The molecular weight excluding hydrogens is 176 g/mol. The van der Waals surface area contributed by atoms with Crippen molar-refractivity contribution < 1.29 is 4.79 Å². The molecule has 0 radical (unpaired) electrons. The van der Waals surface area contributed by atoms with Crippen LogP contribution in [0.1, 0.15) is 20.3 Å². The molecule has 1 unspecified atom stereocenters. The third-order valence-electron chi connectivity index (χ3n) is 3.18. The van der Waals surface area contributed by atoms with Crippen LogP contribution >= 0.6 is 0 Å². The van der Waals surface area contributed by atoms with Gasteiger partial charge in [0, 0.05) is 31.0 Å². The van der Waals surface area contributed by atoms with Crippen LogP contribution in [0.15, 0.2) is 0 Å². The van der Waals surface area contributed by atoms with Gasteiger partial charge in [0.05, 0.1) is 0 Å². The number of hydrogen-bond donors (Lipinski definition) is 0. The first-order chi connectivity index (χ1) is 6.33. The molecule has 1 heterocycles. The summed E-state index contributed by atoms with van der Waals surface area (Å²) in [5.41, 5.74) is 0.0416. The normalized spacial score (nSPS) is 28.4. The number of rotatable bonds is 2. The summed E-state index contributed by atoms with van der Waals surface area (Å²) in [7, 11) is 6.15. The number of likely N-dealkylation sites (tertiary alicyclic amines) is 1. The zero-order valence-corrected chi connectivity index (χ0v) is 10.0. The SMILES string of the molecule is CN(C)CC1CN(C)C(C)(C)CC1=O. The van der Waals surface area contributed by atoms with Gasteiger partial charge in [-0.3, -0.25) is 4.79 Å². The molecule has 0 aromatic rings. The molecule has 1 atom stereocenters. The summed E-state index contributed by atoms with van der Waals surface area (Å²) >= 11 is 0. The molecule has 0 aliphatic carbocycles. The van der Waals surface area contributed by atoms with Crippen LogP contribution in [0.25, 0.3) is 0 Å². The fourth-order valence-corrected chi connectivity index (χ4v) is 1.99. The number of hydrogen-bond acceptors (Lipinski definition) is 3. The molecule has 1 saturated heterocycles. The lowest BCUT2D eigenvalue weighted by atomic mass is 9.84. The highest BCUT2D eigenvalue weighted by molar-refractivity contribution is 5.83. The van der Waals surface area contributed by atoms with Crippen LogP contribution in [-0.2, 0) is 4.79 Å². The monoisotopic (exact) mass is 198 g/mol. The van der Waals surface area contributed by atoms with Gasteiger partial charge in [0.1, 0.15) is 5.78 Å². The third-order valence-corrected chi connectivity index (χ3v) is 3.18. The van der Waals surface area contributed by atoms with Crippen molar-refractivity contribution in [3.05, 3.63) is 0 Å². The molecule has 1 aliphatic heterocycles. The average Bonchev–Trinajstić information content (AvgIpc) is 1.98. The Hall–Kier alpha value is -0.410. The first kappa shape index (κ1) is 11.7. The zero-order chi connectivity index (χ0) is 10.9. The minimum absolute atomic E-state index is 0.0416. The molecule has 3 nitrogen and oxygen atoms in total. The second-order valence-electron chi connectivity index (χ2n) is 5.30. The highest BCUT2D eigenvalue weighted by atomic mass is 16.1. The van der Waals surface area contributed by atoms with Crippen LogP contribution in [0.3, 0.4) is 0 Å². The first-order valence-electron chi connectivity index (χ1n) is 5.21. The summed E-state index contributed by atoms with van der Waals surface area (Å²) in [6.07, 6.45) is 0.683. The number of ketones is 1. The van der Waals surface area contributed by atoms with E-state index in [0.717, 1.165) is 13.1 Å². The number of carbonyl (C=O) groups excluding carboxylic acids is 1. The van der Waals surface area contributed by atoms with Gasteiger partial charge in [0.25, 0.3) is 0 Å². The van der Waals surface area contributed by atoms with Crippen molar-refractivity contribution in [1.29, 1.82) is 0 Å². The van der Waals surface area contributed by atoms with Crippen LogP contribution in [0.2, 0.25) is 0 Å². The van der Waals surface area contributed by atoms with Gasteiger partial charge in [-0.1, -0.05) is 0 Å². The van der Waals surface area contributed by atoms with E-state index < -0.39 is 0 Å². The van der Waals surface area contributed by atoms with Crippen molar-refractivity contribution in [2.75, 3.05) is 34.2 Å². The van der Waals surface area contributed by atoms with Crippen LogP contribution < -0.4 is 0 Å². The van der Waals surface area contributed by atoms with E-state index in [-0.39, 0.29) is 11.5 Å². The van der Waals surface area contributed by atoms with Gasteiger partial charge < -0.3 is 9.80 Å². The third kappa shape index (κ3) is 2.55. The Kier molecular flexibility index (Phi) is 3.32. The minimum Gasteiger partial charge on any atom is -0.309 e. The van der Waals surface area contributed by atoms with Crippen LogP contribution in [0.5, 0.6) is 0 Å². The Morgan fingerprint density at radius 2 is 2.07 bits per heavy atom. The van der Waals surface area contributed by atoms with Crippen LogP contribution in [0.4, 0.5) is 0 Å². The van der Waals surface area contributed by atoms with Crippen molar-refractivity contribution in [3.63, 3.8) is 0 Å². The summed E-state index contributed by atoms with van der Waals surface area (Å²) in [6, 6.07) is 0. The molecule has 0 N–H and O–H groups in total. The van der Waals surface area contributed by atoms with Crippen molar-refractivity contribution in [3.8, 4) is 0 Å². The van der Waals surface area contributed by atoms with Gasteiger partial charge in [0.2, 0.25) is 0 Å². The average molecular weight is 198 g/mol. The smallest absolute Gasteiger partial charge is 0.140 e. The maximum atomic E-state index is 11.8. The topological polar surface area (TPSA) is 23.6 Å². The molecule has 0 aromatic carbocycles. The maximum absolute atomic E-state index is 11.8. The Balaban J connectivity index is 2.63. The molecule has 1 aliphatic rings. The fourth-order valence-electron chi connectivity index (χ4n) is 1.99. The Bertz CT molecular complexity index is 223. The highest BCUT2D eigenvalue weighted by Crippen LogP contribution is 2.26. The largest absolute Gasteiger partial charge is 0.309 e.